The predicted molar refractivity (Wildman–Crippen MR) is 76.5 cm³/mol. The zero-order chi connectivity index (χ0) is 14.4. The van der Waals surface area contributed by atoms with Gasteiger partial charge in [0, 0.05) is 13.0 Å². The summed E-state index contributed by atoms with van der Waals surface area (Å²) in [6.45, 7) is 8.42. The number of rotatable bonds is 5. The minimum atomic E-state index is -0.232. The van der Waals surface area contributed by atoms with Crippen LogP contribution in [0.5, 0.6) is 0 Å². The number of imide groups is 1. The molecule has 1 aliphatic heterocycles. The third-order valence-electron chi connectivity index (χ3n) is 3.24. The molecule has 4 nitrogen and oxygen atoms in total. The summed E-state index contributed by atoms with van der Waals surface area (Å²) >= 11 is 0. The summed E-state index contributed by atoms with van der Waals surface area (Å²) in [7, 11) is 1.91. The molecule has 1 rings (SSSR count). The lowest BCUT2D eigenvalue weighted by Gasteiger charge is -2.30. The van der Waals surface area contributed by atoms with Crippen LogP contribution in [0, 0.1) is 0 Å². The highest BCUT2D eigenvalue weighted by molar-refractivity contribution is 6.00. The molecular formula is C15H22N2O2. The summed E-state index contributed by atoms with van der Waals surface area (Å²) in [4.78, 5) is 24.9. The molecule has 0 aromatic carbocycles. The Kier molecular flexibility index (Phi) is 5.70. The molecule has 1 unspecified atom stereocenters. The molecule has 0 spiro atoms. The fourth-order valence-electron chi connectivity index (χ4n) is 2.04. The Morgan fingerprint density at radius 3 is 2.68 bits per heavy atom. The number of carbonyl (C=O) groups excluding carboxylic acids is 2. The lowest BCUT2D eigenvalue weighted by atomic mass is 10.0. The first-order valence-electron chi connectivity index (χ1n) is 6.45. The van der Waals surface area contributed by atoms with Crippen molar-refractivity contribution in [2.24, 2.45) is 0 Å². The molecule has 1 aliphatic rings. The highest BCUT2D eigenvalue weighted by Gasteiger charge is 2.29. The van der Waals surface area contributed by atoms with Crippen LogP contribution in [0.2, 0.25) is 0 Å². The van der Waals surface area contributed by atoms with Crippen molar-refractivity contribution in [3.8, 4) is 0 Å². The molecule has 0 aromatic rings. The lowest BCUT2D eigenvalue weighted by molar-refractivity contribution is -0.137. The Balaban J connectivity index is 2.72. The summed E-state index contributed by atoms with van der Waals surface area (Å²) in [5.74, 6) is -0.372. The second-order valence-corrected chi connectivity index (χ2v) is 5.00. The minimum Gasteiger partial charge on any atom is -0.295 e. The maximum atomic E-state index is 11.8. The third kappa shape index (κ3) is 4.48. The van der Waals surface area contributed by atoms with Crippen LogP contribution in [-0.4, -0.2) is 36.3 Å². The van der Waals surface area contributed by atoms with Crippen LogP contribution < -0.4 is 5.32 Å². The quantitative estimate of drug-likeness (QED) is 0.607. The number of allylic oxidation sites excluding steroid dienone is 3. The molecule has 0 bridgehead atoms. The molecule has 0 aliphatic carbocycles. The van der Waals surface area contributed by atoms with Gasteiger partial charge in [0.05, 0.1) is 6.04 Å². The summed E-state index contributed by atoms with van der Waals surface area (Å²) in [6.07, 6.45) is 6.62. The minimum absolute atomic E-state index is 0.177. The van der Waals surface area contributed by atoms with Crippen molar-refractivity contribution in [3.63, 3.8) is 0 Å². The second-order valence-electron chi connectivity index (χ2n) is 5.00. The Hall–Kier alpha value is -1.68. The summed E-state index contributed by atoms with van der Waals surface area (Å²) in [5, 5.41) is 2.39. The van der Waals surface area contributed by atoms with E-state index in [9.17, 15) is 9.59 Å². The molecule has 1 atom stereocenters. The first kappa shape index (κ1) is 15.4. The molecule has 1 N–H and O–H groups in total. The topological polar surface area (TPSA) is 49.4 Å². The van der Waals surface area contributed by atoms with Crippen molar-refractivity contribution >= 4 is 11.8 Å². The van der Waals surface area contributed by atoms with Crippen LogP contribution in [0.15, 0.2) is 36.0 Å². The van der Waals surface area contributed by atoms with Gasteiger partial charge in [-0.3, -0.25) is 19.8 Å². The van der Waals surface area contributed by atoms with Gasteiger partial charge < -0.3 is 0 Å². The third-order valence-corrected chi connectivity index (χ3v) is 3.24. The molecule has 2 amide bonds. The highest BCUT2D eigenvalue weighted by Crippen LogP contribution is 2.14. The molecular weight excluding hydrogens is 240 g/mol. The maximum Gasteiger partial charge on any atom is 0.243 e. The van der Waals surface area contributed by atoms with E-state index >= 15 is 0 Å². The Morgan fingerprint density at radius 2 is 2.16 bits per heavy atom. The summed E-state index contributed by atoms with van der Waals surface area (Å²) in [5.41, 5.74) is 2.37. The summed E-state index contributed by atoms with van der Waals surface area (Å²) in [6, 6.07) is -0.232. The number of piperidine rings is 1. The Bertz CT molecular complexity index is 431. The Labute approximate surface area is 114 Å². The van der Waals surface area contributed by atoms with E-state index in [0.29, 0.717) is 19.4 Å². The molecule has 0 aromatic heterocycles. The number of hydrogen-bond donors (Lipinski definition) is 1. The van der Waals surface area contributed by atoms with E-state index in [4.69, 9.17) is 0 Å². The van der Waals surface area contributed by atoms with Gasteiger partial charge in [0.1, 0.15) is 0 Å². The first-order chi connectivity index (χ1) is 8.95. The van der Waals surface area contributed by atoms with Crippen LogP contribution in [0.3, 0.4) is 0 Å². The number of amides is 2. The second kappa shape index (κ2) is 7.04. The van der Waals surface area contributed by atoms with Crippen LogP contribution in [-0.2, 0) is 9.59 Å². The van der Waals surface area contributed by atoms with E-state index in [1.807, 2.05) is 37.9 Å². The van der Waals surface area contributed by atoms with Gasteiger partial charge in [0.15, 0.2) is 0 Å². The zero-order valence-corrected chi connectivity index (χ0v) is 11.9. The Morgan fingerprint density at radius 1 is 1.47 bits per heavy atom. The maximum absolute atomic E-state index is 11.8. The van der Waals surface area contributed by atoms with Gasteiger partial charge in [0.2, 0.25) is 11.8 Å². The average Bonchev–Trinajstić information content (AvgIpc) is 2.33. The first-order valence-corrected chi connectivity index (χ1v) is 6.45. The molecule has 4 heteroatoms. The van der Waals surface area contributed by atoms with Gasteiger partial charge in [-0.15, -0.1) is 0 Å². The van der Waals surface area contributed by atoms with Crippen LogP contribution >= 0.6 is 0 Å². The predicted octanol–water partition coefficient (Wildman–Crippen LogP) is 1.80. The smallest absolute Gasteiger partial charge is 0.243 e. The van der Waals surface area contributed by atoms with E-state index in [1.165, 1.54) is 5.57 Å². The van der Waals surface area contributed by atoms with Crippen molar-refractivity contribution < 1.29 is 9.59 Å². The summed E-state index contributed by atoms with van der Waals surface area (Å²) < 4.78 is 0. The van der Waals surface area contributed by atoms with Crippen molar-refractivity contribution in [2.75, 3.05) is 13.6 Å². The van der Waals surface area contributed by atoms with Gasteiger partial charge in [0.25, 0.3) is 0 Å². The van der Waals surface area contributed by atoms with Gasteiger partial charge in [-0.2, -0.15) is 0 Å². The lowest BCUT2D eigenvalue weighted by Crippen LogP contribution is -2.51. The molecule has 0 saturated carbocycles. The van der Waals surface area contributed by atoms with Crippen LogP contribution in [0.25, 0.3) is 0 Å². The van der Waals surface area contributed by atoms with Crippen molar-refractivity contribution in [1.29, 1.82) is 0 Å². The number of hydrogen-bond acceptors (Lipinski definition) is 3. The number of carbonyl (C=O) groups is 2. The zero-order valence-electron chi connectivity index (χ0n) is 11.9. The molecule has 1 heterocycles. The normalized spacial score (nSPS) is 19.7. The molecule has 0 radical (unpaired) electrons. The number of likely N-dealkylation sites (N-methyl/N-ethyl adjacent to an activating group) is 1. The van der Waals surface area contributed by atoms with Crippen molar-refractivity contribution in [1.82, 2.24) is 10.2 Å². The highest BCUT2D eigenvalue weighted by atomic mass is 16.2. The fraction of sp³-hybridized carbons (Fsp3) is 0.467. The van der Waals surface area contributed by atoms with Crippen LogP contribution in [0.4, 0.5) is 0 Å². The van der Waals surface area contributed by atoms with Gasteiger partial charge in [-0.25, -0.2) is 0 Å². The molecule has 104 valence electrons. The van der Waals surface area contributed by atoms with Gasteiger partial charge >= 0.3 is 0 Å². The number of nitrogens with zero attached hydrogens (tertiary/aromatic N) is 1. The monoisotopic (exact) mass is 262 g/mol. The van der Waals surface area contributed by atoms with E-state index in [2.05, 4.69) is 11.9 Å². The largest absolute Gasteiger partial charge is 0.295 e. The average molecular weight is 262 g/mol. The standard InChI is InChI=1S/C15H22N2O2/c1-5-6-7-12(11(2)3)10-17(4)13-8-9-14(18)16-15(13)19/h5-7,13H,1,8-10H2,2-4H3,(H,16,18,19)/b7-6-. The van der Waals surface area contributed by atoms with E-state index in [-0.39, 0.29) is 17.9 Å². The van der Waals surface area contributed by atoms with E-state index < -0.39 is 0 Å². The van der Waals surface area contributed by atoms with Crippen LogP contribution in [0.1, 0.15) is 26.7 Å². The van der Waals surface area contributed by atoms with Crippen molar-refractivity contribution in [2.45, 2.75) is 32.7 Å². The molecule has 19 heavy (non-hydrogen) atoms. The van der Waals surface area contributed by atoms with Crippen molar-refractivity contribution in [3.05, 3.63) is 36.0 Å². The van der Waals surface area contributed by atoms with E-state index in [0.717, 1.165) is 5.57 Å². The SMILES string of the molecule is C=C/C=C\C(CN(C)C1CCC(=O)NC1=O)=C(C)C. The fourth-order valence-corrected chi connectivity index (χ4v) is 2.04. The molecule has 1 saturated heterocycles. The van der Waals surface area contributed by atoms with Gasteiger partial charge in [-0.05, 0) is 32.9 Å². The van der Waals surface area contributed by atoms with Gasteiger partial charge in [-0.1, -0.05) is 30.4 Å². The molecule has 1 fully saturated rings. The number of nitrogens with one attached hydrogen (secondary N) is 1. The van der Waals surface area contributed by atoms with E-state index in [1.54, 1.807) is 6.08 Å².